The average molecular weight is 507 g/mol. The molecule has 3 aliphatic rings. The van der Waals surface area contributed by atoms with Crippen LogP contribution in [0.15, 0.2) is 25.3 Å². The monoisotopic (exact) mass is 506 g/mol. The number of thioether (sulfide) groups is 1. The summed E-state index contributed by atoms with van der Waals surface area (Å²) in [7, 11) is 0. The maximum absolute atomic E-state index is 14.4. The molecule has 0 aromatic rings. The first-order valence-corrected chi connectivity index (χ1v) is 13.5. The third kappa shape index (κ3) is 4.45. The van der Waals surface area contributed by atoms with Gasteiger partial charge in [-0.15, -0.1) is 24.9 Å². The first kappa shape index (κ1) is 27.8. The van der Waals surface area contributed by atoms with Gasteiger partial charge in [0.2, 0.25) is 11.8 Å². The van der Waals surface area contributed by atoms with Gasteiger partial charge in [0, 0.05) is 16.8 Å². The summed E-state index contributed by atoms with van der Waals surface area (Å²) in [6.45, 7) is 19.7. The van der Waals surface area contributed by atoms with Crippen LogP contribution in [0, 0.1) is 17.8 Å². The van der Waals surface area contributed by atoms with Crippen LogP contribution in [0.1, 0.15) is 60.8 Å². The van der Waals surface area contributed by atoms with Crippen LogP contribution in [0.4, 0.5) is 0 Å². The lowest BCUT2D eigenvalue weighted by Crippen LogP contribution is -2.61. The summed E-state index contributed by atoms with van der Waals surface area (Å²) in [6, 6.07) is -1.29. The molecule has 196 valence electrons. The van der Waals surface area contributed by atoms with Crippen molar-refractivity contribution in [3.05, 3.63) is 25.3 Å². The highest BCUT2D eigenvalue weighted by Crippen LogP contribution is 2.72. The summed E-state index contributed by atoms with van der Waals surface area (Å²) in [5.74, 6) is -2.09. The zero-order chi connectivity index (χ0) is 26.3. The van der Waals surface area contributed by atoms with Gasteiger partial charge in [-0.05, 0) is 52.9 Å². The van der Waals surface area contributed by atoms with Gasteiger partial charge in [0.1, 0.15) is 6.04 Å². The molecular formula is C27H42N2O5S. The van der Waals surface area contributed by atoms with E-state index in [1.54, 1.807) is 33.7 Å². The minimum atomic E-state index is -0.767. The number of carbonyl (C=O) groups is 3. The number of nitrogens with zero attached hydrogens (tertiary/aromatic N) is 2. The van der Waals surface area contributed by atoms with Crippen molar-refractivity contribution in [3.8, 4) is 0 Å². The Morgan fingerprint density at radius 2 is 1.94 bits per heavy atom. The second-order valence-corrected chi connectivity index (χ2v) is 13.5. The molecule has 0 aliphatic carbocycles. The maximum Gasteiger partial charge on any atom is 0.311 e. The fourth-order valence-electron chi connectivity index (χ4n) is 6.28. The minimum absolute atomic E-state index is 0.0623. The summed E-state index contributed by atoms with van der Waals surface area (Å²) >= 11 is 1.62. The number of likely N-dealkylation sites (tertiary alicyclic amines) is 1. The summed E-state index contributed by atoms with van der Waals surface area (Å²) in [5.41, 5.74) is -0.491. The van der Waals surface area contributed by atoms with Gasteiger partial charge < -0.3 is 19.6 Å². The van der Waals surface area contributed by atoms with Crippen molar-refractivity contribution in [1.29, 1.82) is 0 Å². The van der Waals surface area contributed by atoms with Crippen molar-refractivity contribution < 1.29 is 24.2 Å². The highest BCUT2D eigenvalue weighted by Gasteiger charge is 2.78. The lowest BCUT2D eigenvalue weighted by molar-refractivity contribution is -0.156. The van der Waals surface area contributed by atoms with Crippen LogP contribution in [-0.2, 0) is 19.1 Å². The van der Waals surface area contributed by atoms with E-state index in [4.69, 9.17) is 4.74 Å². The second kappa shape index (κ2) is 9.92. The fraction of sp³-hybridized carbons (Fsp3) is 0.741. The standard InChI is InChI=1S/C27H42N2O5S/c1-9-11-15-34-24(33)20-19-22(31)29(18(16-30)17(3)4)21(27(19)13-12-26(20,8)35-27)23(32)28(14-10-2)25(5,6)7/h9-10,17-21,30H,1-2,11-16H2,3-8H3/t18-,19-,20+,21?,26-,27?/m0/s1. The third-order valence-corrected chi connectivity index (χ3v) is 9.96. The van der Waals surface area contributed by atoms with E-state index in [0.717, 1.165) is 6.42 Å². The Kier molecular flexibility index (Phi) is 7.88. The highest BCUT2D eigenvalue weighted by molar-refractivity contribution is 8.02. The Hall–Kier alpha value is -1.80. The number of carbonyl (C=O) groups excluding carboxylic acids is 3. The van der Waals surface area contributed by atoms with Crippen LogP contribution in [0.2, 0.25) is 0 Å². The van der Waals surface area contributed by atoms with Crippen molar-refractivity contribution in [2.75, 3.05) is 19.8 Å². The Morgan fingerprint density at radius 3 is 2.46 bits per heavy atom. The number of aliphatic hydroxyl groups excluding tert-OH is 1. The first-order valence-electron chi connectivity index (χ1n) is 12.6. The molecule has 0 saturated carbocycles. The molecule has 3 saturated heterocycles. The molecule has 3 rings (SSSR count). The number of hydrogen-bond donors (Lipinski definition) is 1. The normalized spacial score (nSPS) is 32.5. The molecule has 3 aliphatic heterocycles. The number of rotatable bonds is 10. The molecule has 35 heavy (non-hydrogen) atoms. The Balaban J connectivity index is 2.13. The topological polar surface area (TPSA) is 87.1 Å². The number of ether oxygens (including phenoxy) is 1. The number of amides is 2. The molecular weight excluding hydrogens is 464 g/mol. The van der Waals surface area contributed by atoms with Crippen LogP contribution in [0.25, 0.3) is 0 Å². The van der Waals surface area contributed by atoms with E-state index in [-0.39, 0.29) is 36.9 Å². The molecule has 2 bridgehead atoms. The van der Waals surface area contributed by atoms with E-state index >= 15 is 0 Å². The predicted octanol–water partition coefficient (Wildman–Crippen LogP) is 3.42. The van der Waals surface area contributed by atoms with Crippen molar-refractivity contribution in [2.45, 2.75) is 87.9 Å². The summed E-state index contributed by atoms with van der Waals surface area (Å²) in [4.78, 5) is 45.3. The van der Waals surface area contributed by atoms with Crippen molar-refractivity contribution in [1.82, 2.24) is 9.80 Å². The van der Waals surface area contributed by atoms with E-state index in [2.05, 4.69) is 13.2 Å². The van der Waals surface area contributed by atoms with Gasteiger partial charge in [-0.1, -0.05) is 26.0 Å². The molecule has 0 radical (unpaired) electrons. The maximum atomic E-state index is 14.4. The number of esters is 1. The van der Waals surface area contributed by atoms with E-state index in [9.17, 15) is 19.5 Å². The average Bonchev–Trinajstić information content (AvgIpc) is 3.32. The van der Waals surface area contributed by atoms with Gasteiger partial charge in [-0.3, -0.25) is 14.4 Å². The van der Waals surface area contributed by atoms with Gasteiger partial charge in [0.05, 0.1) is 35.8 Å². The van der Waals surface area contributed by atoms with Crippen LogP contribution in [0.5, 0.6) is 0 Å². The Morgan fingerprint density at radius 1 is 1.29 bits per heavy atom. The van der Waals surface area contributed by atoms with Gasteiger partial charge in [0.25, 0.3) is 0 Å². The number of aliphatic hydroxyl groups is 1. The molecule has 3 fully saturated rings. The van der Waals surface area contributed by atoms with E-state index < -0.39 is 39.0 Å². The van der Waals surface area contributed by atoms with Crippen molar-refractivity contribution in [2.24, 2.45) is 17.8 Å². The molecule has 8 heteroatoms. The molecule has 0 aromatic carbocycles. The van der Waals surface area contributed by atoms with Gasteiger partial charge >= 0.3 is 5.97 Å². The molecule has 1 spiro atoms. The van der Waals surface area contributed by atoms with E-state index in [1.165, 1.54) is 0 Å². The van der Waals surface area contributed by atoms with Crippen LogP contribution in [0.3, 0.4) is 0 Å². The van der Waals surface area contributed by atoms with E-state index in [0.29, 0.717) is 19.4 Å². The molecule has 1 N–H and O–H groups in total. The molecule has 0 aromatic heterocycles. The lowest BCUT2D eigenvalue weighted by Gasteiger charge is -2.44. The molecule has 6 atom stereocenters. The van der Waals surface area contributed by atoms with Gasteiger partial charge in [-0.25, -0.2) is 0 Å². The molecule has 2 unspecified atom stereocenters. The largest absolute Gasteiger partial charge is 0.465 e. The lowest BCUT2D eigenvalue weighted by atomic mass is 9.66. The van der Waals surface area contributed by atoms with E-state index in [1.807, 2.05) is 41.5 Å². The predicted molar refractivity (Wildman–Crippen MR) is 139 cm³/mol. The number of hydrogen-bond acceptors (Lipinski definition) is 6. The van der Waals surface area contributed by atoms with Gasteiger partial charge in [-0.2, -0.15) is 0 Å². The molecule has 7 nitrogen and oxygen atoms in total. The Labute approximate surface area is 214 Å². The Bertz CT molecular complexity index is 883. The SMILES string of the molecule is C=CCCOC(=O)[C@H]1[C@H]2C(=O)N([C@@H](CO)C(C)C)C(C(=O)N(CC=C)C(C)(C)C)C23CC[C@]1(C)S3. The summed E-state index contributed by atoms with van der Waals surface area (Å²) in [6.07, 6.45) is 5.32. The van der Waals surface area contributed by atoms with Crippen LogP contribution in [-0.4, -0.2) is 79.6 Å². The second-order valence-electron chi connectivity index (χ2n) is 11.6. The smallest absolute Gasteiger partial charge is 0.311 e. The zero-order valence-corrected chi connectivity index (χ0v) is 22.9. The fourth-order valence-corrected chi connectivity index (χ4v) is 8.61. The minimum Gasteiger partial charge on any atom is -0.465 e. The third-order valence-electron chi connectivity index (χ3n) is 7.97. The van der Waals surface area contributed by atoms with Crippen molar-refractivity contribution in [3.63, 3.8) is 0 Å². The quantitative estimate of drug-likeness (QED) is 0.278. The van der Waals surface area contributed by atoms with Crippen LogP contribution < -0.4 is 0 Å². The molecule has 2 amide bonds. The molecule has 3 heterocycles. The number of fused-ring (bicyclic) bond motifs is 1. The summed E-state index contributed by atoms with van der Waals surface area (Å²) < 4.78 is 4.37. The van der Waals surface area contributed by atoms with Crippen molar-refractivity contribution >= 4 is 29.5 Å². The highest BCUT2D eigenvalue weighted by atomic mass is 32.2. The zero-order valence-electron chi connectivity index (χ0n) is 22.1. The first-order chi connectivity index (χ1) is 16.3. The van der Waals surface area contributed by atoms with Crippen LogP contribution >= 0.6 is 11.8 Å². The van der Waals surface area contributed by atoms with Gasteiger partial charge in [0.15, 0.2) is 0 Å². The summed E-state index contributed by atoms with van der Waals surface area (Å²) in [5, 5.41) is 10.3.